The highest BCUT2D eigenvalue weighted by molar-refractivity contribution is 6.30. The van der Waals surface area contributed by atoms with Crippen LogP contribution in [-0.2, 0) is 14.9 Å². The Balaban J connectivity index is 2.56. The Morgan fingerprint density at radius 2 is 1.94 bits per heavy atom. The van der Waals surface area contributed by atoms with Gasteiger partial charge in [0.2, 0.25) is 0 Å². The lowest BCUT2D eigenvalue weighted by molar-refractivity contribution is -0.139. The van der Waals surface area contributed by atoms with Crippen LogP contribution < -0.4 is 5.32 Å². The molecule has 0 bridgehead atoms. The van der Waals surface area contributed by atoms with Crippen LogP contribution in [0.2, 0.25) is 5.02 Å². The van der Waals surface area contributed by atoms with E-state index in [2.05, 4.69) is 23.9 Å². The number of rotatable bonds is 5. The van der Waals surface area contributed by atoms with Gasteiger partial charge >= 0.3 is 5.97 Å². The van der Waals surface area contributed by atoms with Crippen LogP contribution in [0.1, 0.15) is 19.4 Å². The molecule has 1 aromatic rings. The molecule has 0 fully saturated rings. The molecule has 0 aromatic heterocycles. The van der Waals surface area contributed by atoms with Crippen molar-refractivity contribution in [1.29, 1.82) is 0 Å². The van der Waals surface area contributed by atoms with E-state index in [-0.39, 0.29) is 17.9 Å². The summed E-state index contributed by atoms with van der Waals surface area (Å²) in [6.45, 7) is 5.15. The first kappa shape index (κ1) is 14.0. The zero-order valence-electron chi connectivity index (χ0n) is 10.4. The molecular formula is C13H18ClNO2. The van der Waals surface area contributed by atoms with Gasteiger partial charge in [0.1, 0.15) is 0 Å². The lowest BCUT2D eigenvalue weighted by atomic mass is 9.84. The van der Waals surface area contributed by atoms with Crippen molar-refractivity contribution in [3.63, 3.8) is 0 Å². The summed E-state index contributed by atoms with van der Waals surface area (Å²) < 4.78 is 4.57. The van der Waals surface area contributed by atoms with Crippen molar-refractivity contribution in [2.75, 3.05) is 20.2 Å². The highest BCUT2D eigenvalue weighted by atomic mass is 35.5. The fourth-order valence-electron chi connectivity index (χ4n) is 1.55. The van der Waals surface area contributed by atoms with Crippen LogP contribution in [0.5, 0.6) is 0 Å². The molecule has 0 saturated carbocycles. The predicted molar refractivity (Wildman–Crippen MR) is 69.4 cm³/mol. The largest absolute Gasteiger partial charge is 0.468 e. The monoisotopic (exact) mass is 255 g/mol. The van der Waals surface area contributed by atoms with E-state index in [0.29, 0.717) is 6.54 Å². The third kappa shape index (κ3) is 4.36. The second-order valence-electron chi connectivity index (χ2n) is 4.57. The van der Waals surface area contributed by atoms with Crippen molar-refractivity contribution in [2.24, 2.45) is 0 Å². The Kier molecular flexibility index (Phi) is 4.97. The average Bonchev–Trinajstić information content (AvgIpc) is 2.29. The molecule has 0 atom stereocenters. The smallest absolute Gasteiger partial charge is 0.319 e. The van der Waals surface area contributed by atoms with Gasteiger partial charge in [0.25, 0.3) is 0 Å². The molecule has 3 nitrogen and oxygen atoms in total. The highest BCUT2D eigenvalue weighted by Crippen LogP contribution is 2.23. The maximum atomic E-state index is 11.0. The minimum atomic E-state index is -0.253. The number of carbonyl (C=O) groups is 1. The van der Waals surface area contributed by atoms with Crippen molar-refractivity contribution >= 4 is 17.6 Å². The van der Waals surface area contributed by atoms with Gasteiger partial charge in [0.05, 0.1) is 13.7 Å². The molecule has 0 aliphatic heterocycles. The van der Waals surface area contributed by atoms with E-state index >= 15 is 0 Å². The molecule has 0 spiro atoms. The first-order chi connectivity index (χ1) is 7.95. The first-order valence-corrected chi connectivity index (χ1v) is 5.87. The average molecular weight is 256 g/mol. The van der Waals surface area contributed by atoms with Crippen LogP contribution in [0, 0.1) is 0 Å². The molecule has 4 heteroatoms. The minimum Gasteiger partial charge on any atom is -0.468 e. The number of ether oxygens (including phenoxy) is 1. The summed E-state index contributed by atoms with van der Waals surface area (Å²) in [4.78, 5) is 11.0. The molecule has 94 valence electrons. The standard InChI is InChI=1S/C13H18ClNO2/c1-13(2,9-15-8-12(16)17-3)10-4-6-11(14)7-5-10/h4-7,15H,8-9H2,1-3H3. The van der Waals surface area contributed by atoms with Crippen molar-refractivity contribution in [1.82, 2.24) is 5.32 Å². The SMILES string of the molecule is COC(=O)CNCC(C)(C)c1ccc(Cl)cc1. The van der Waals surface area contributed by atoms with Gasteiger partial charge in [-0.1, -0.05) is 37.6 Å². The normalized spacial score (nSPS) is 11.3. The van der Waals surface area contributed by atoms with Crippen LogP contribution in [0.25, 0.3) is 0 Å². The summed E-state index contributed by atoms with van der Waals surface area (Å²) in [6.07, 6.45) is 0. The maximum absolute atomic E-state index is 11.0. The van der Waals surface area contributed by atoms with Gasteiger partial charge in [-0.2, -0.15) is 0 Å². The number of benzene rings is 1. The number of nitrogens with one attached hydrogen (secondary N) is 1. The predicted octanol–water partition coefficient (Wildman–Crippen LogP) is 2.38. The second kappa shape index (κ2) is 6.03. The molecule has 17 heavy (non-hydrogen) atoms. The molecule has 0 saturated heterocycles. The third-order valence-electron chi connectivity index (χ3n) is 2.69. The fourth-order valence-corrected chi connectivity index (χ4v) is 1.68. The molecule has 0 heterocycles. The molecule has 0 amide bonds. The van der Waals surface area contributed by atoms with Crippen LogP contribution in [0.15, 0.2) is 24.3 Å². The summed E-state index contributed by atoms with van der Waals surface area (Å²) in [5.74, 6) is -0.253. The zero-order valence-corrected chi connectivity index (χ0v) is 11.2. The molecule has 1 rings (SSSR count). The summed E-state index contributed by atoms with van der Waals surface area (Å²) in [5, 5.41) is 3.81. The van der Waals surface area contributed by atoms with Gasteiger partial charge in [0, 0.05) is 17.0 Å². The Labute approximate surface area is 107 Å². The van der Waals surface area contributed by atoms with E-state index in [9.17, 15) is 4.79 Å². The van der Waals surface area contributed by atoms with Crippen molar-refractivity contribution in [3.05, 3.63) is 34.9 Å². The van der Waals surface area contributed by atoms with Gasteiger partial charge < -0.3 is 10.1 Å². The number of halogens is 1. The topological polar surface area (TPSA) is 38.3 Å². The lowest BCUT2D eigenvalue weighted by Crippen LogP contribution is -2.36. The molecule has 0 aliphatic rings. The zero-order chi connectivity index (χ0) is 12.9. The number of hydrogen-bond acceptors (Lipinski definition) is 3. The van der Waals surface area contributed by atoms with E-state index in [4.69, 9.17) is 11.6 Å². The van der Waals surface area contributed by atoms with E-state index in [0.717, 1.165) is 5.02 Å². The van der Waals surface area contributed by atoms with Crippen LogP contribution >= 0.6 is 11.6 Å². The Bertz CT molecular complexity index is 374. The van der Waals surface area contributed by atoms with Crippen LogP contribution in [0.3, 0.4) is 0 Å². The van der Waals surface area contributed by atoms with E-state index in [1.54, 1.807) is 0 Å². The first-order valence-electron chi connectivity index (χ1n) is 5.49. The molecule has 0 unspecified atom stereocenters. The lowest BCUT2D eigenvalue weighted by Gasteiger charge is -2.25. The molecule has 1 N–H and O–H groups in total. The molecule has 0 aliphatic carbocycles. The maximum Gasteiger partial charge on any atom is 0.319 e. The fraction of sp³-hybridized carbons (Fsp3) is 0.462. The van der Waals surface area contributed by atoms with Gasteiger partial charge in [-0.25, -0.2) is 0 Å². The Morgan fingerprint density at radius 3 is 2.47 bits per heavy atom. The third-order valence-corrected chi connectivity index (χ3v) is 2.94. The number of methoxy groups -OCH3 is 1. The molecule has 0 radical (unpaired) electrons. The van der Waals surface area contributed by atoms with Crippen molar-refractivity contribution in [3.8, 4) is 0 Å². The van der Waals surface area contributed by atoms with Gasteiger partial charge in [-0.05, 0) is 17.7 Å². The van der Waals surface area contributed by atoms with E-state index in [1.165, 1.54) is 12.7 Å². The van der Waals surface area contributed by atoms with E-state index in [1.807, 2.05) is 24.3 Å². The number of hydrogen-bond donors (Lipinski definition) is 1. The Morgan fingerprint density at radius 1 is 1.35 bits per heavy atom. The number of carbonyl (C=O) groups excluding carboxylic acids is 1. The van der Waals surface area contributed by atoms with Gasteiger partial charge in [-0.3, -0.25) is 4.79 Å². The number of esters is 1. The highest BCUT2D eigenvalue weighted by Gasteiger charge is 2.20. The van der Waals surface area contributed by atoms with Crippen LogP contribution in [0.4, 0.5) is 0 Å². The minimum absolute atomic E-state index is 0.0569. The van der Waals surface area contributed by atoms with Crippen molar-refractivity contribution < 1.29 is 9.53 Å². The summed E-state index contributed by atoms with van der Waals surface area (Å²) in [5.41, 5.74) is 1.12. The van der Waals surface area contributed by atoms with Gasteiger partial charge in [-0.15, -0.1) is 0 Å². The molecule has 1 aromatic carbocycles. The molecular weight excluding hydrogens is 238 g/mol. The van der Waals surface area contributed by atoms with Crippen LogP contribution in [-0.4, -0.2) is 26.2 Å². The second-order valence-corrected chi connectivity index (χ2v) is 5.01. The van der Waals surface area contributed by atoms with E-state index < -0.39 is 0 Å². The summed E-state index contributed by atoms with van der Waals surface area (Å²) in [7, 11) is 1.38. The summed E-state index contributed by atoms with van der Waals surface area (Å²) in [6, 6.07) is 7.75. The van der Waals surface area contributed by atoms with Gasteiger partial charge in [0.15, 0.2) is 0 Å². The summed E-state index contributed by atoms with van der Waals surface area (Å²) >= 11 is 5.85. The Hall–Kier alpha value is -1.06. The quantitative estimate of drug-likeness (QED) is 0.821. The van der Waals surface area contributed by atoms with Crippen molar-refractivity contribution in [2.45, 2.75) is 19.3 Å².